The van der Waals surface area contributed by atoms with Gasteiger partial charge in [0.1, 0.15) is 5.82 Å². The maximum Gasteiger partial charge on any atom is 0.232 e. The summed E-state index contributed by atoms with van der Waals surface area (Å²) < 4.78 is 13.6. The van der Waals surface area contributed by atoms with Crippen molar-refractivity contribution in [3.63, 3.8) is 0 Å². The molecule has 2 atom stereocenters. The second kappa shape index (κ2) is 8.33. The Morgan fingerprint density at radius 1 is 1.07 bits per heavy atom. The van der Waals surface area contributed by atoms with Crippen molar-refractivity contribution < 1.29 is 14.0 Å². The molecular weight excluding hydrogens is 369 g/mol. The predicted octanol–water partition coefficient (Wildman–Crippen LogP) is 3.73. The fourth-order valence-corrected chi connectivity index (χ4v) is 4.59. The van der Waals surface area contributed by atoms with Crippen LogP contribution in [-0.2, 0) is 16.0 Å². The zero-order valence-electron chi connectivity index (χ0n) is 16.3. The quantitative estimate of drug-likeness (QED) is 0.723. The summed E-state index contributed by atoms with van der Waals surface area (Å²) in [6, 6.07) is 13.4. The molecule has 1 saturated heterocycles. The number of amides is 2. The van der Waals surface area contributed by atoms with E-state index in [4.69, 9.17) is 0 Å². The monoisotopic (exact) mass is 395 g/mol. The number of rotatable bonds is 5. The lowest BCUT2D eigenvalue weighted by molar-refractivity contribution is -0.128. The SMILES string of the molecule is O=C(Cc1ccc(NC(=O)[C@@]23CCCC[C@H]2CNC3)cc1)Nc1ccccc1F. The minimum atomic E-state index is -0.458. The van der Waals surface area contributed by atoms with Crippen LogP contribution in [0.3, 0.4) is 0 Å². The Labute approximate surface area is 170 Å². The van der Waals surface area contributed by atoms with Crippen LogP contribution in [0.1, 0.15) is 31.2 Å². The molecular formula is C23H26FN3O2. The van der Waals surface area contributed by atoms with Crippen molar-refractivity contribution >= 4 is 23.2 Å². The highest BCUT2D eigenvalue weighted by atomic mass is 19.1. The van der Waals surface area contributed by atoms with Gasteiger partial charge in [-0.15, -0.1) is 0 Å². The van der Waals surface area contributed by atoms with Crippen LogP contribution >= 0.6 is 0 Å². The first-order valence-electron chi connectivity index (χ1n) is 10.2. The zero-order chi connectivity index (χ0) is 20.3. The van der Waals surface area contributed by atoms with Gasteiger partial charge in [-0.1, -0.05) is 37.1 Å². The van der Waals surface area contributed by atoms with Gasteiger partial charge >= 0.3 is 0 Å². The molecule has 1 saturated carbocycles. The number of para-hydroxylation sites is 1. The first-order valence-corrected chi connectivity index (χ1v) is 10.2. The molecule has 0 radical (unpaired) electrons. The minimum Gasteiger partial charge on any atom is -0.326 e. The Morgan fingerprint density at radius 2 is 1.86 bits per heavy atom. The summed E-state index contributed by atoms with van der Waals surface area (Å²) >= 11 is 0. The highest BCUT2D eigenvalue weighted by molar-refractivity contribution is 5.96. The molecule has 1 heterocycles. The summed E-state index contributed by atoms with van der Waals surface area (Å²) in [5.74, 6) is -0.233. The Hall–Kier alpha value is -2.73. The van der Waals surface area contributed by atoms with E-state index in [0.29, 0.717) is 5.92 Å². The van der Waals surface area contributed by atoms with E-state index in [1.54, 1.807) is 12.1 Å². The van der Waals surface area contributed by atoms with Crippen molar-refractivity contribution in [2.75, 3.05) is 23.7 Å². The second-order valence-corrected chi connectivity index (χ2v) is 8.09. The fraction of sp³-hybridized carbons (Fsp3) is 0.391. The number of carbonyl (C=O) groups is 2. The van der Waals surface area contributed by atoms with Crippen LogP contribution in [0.5, 0.6) is 0 Å². The third-order valence-corrected chi connectivity index (χ3v) is 6.21. The van der Waals surface area contributed by atoms with Crippen LogP contribution in [-0.4, -0.2) is 24.9 Å². The molecule has 0 aromatic heterocycles. The summed E-state index contributed by atoms with van der Waals surface area (Å²) in [5.41, 5.74) is 1.41. The van der Waals surface area contributed by atoms with E-state index < -0.39 is 5.82 Å². The van der Waals surface area contributed by atoms with Crippen LogP contribution in [0.2, 0.25) is 0 Å². The van der Waals surface area contributed by atoms with Crippen LogP contribution in [0, 0.1) is 17.2 Å². The molecule has 2 aliphatic rings. The van der Waals surface area contributed by atoms with Gasteiger partial charge in [0.2, 0.25) is 11.8 Å². The van der Waals surface area contributed by atoms with Gasteiger partial charge in [-0.2, -0.15) is 0 Å². The van der Waals surface area contributed by atoms with Gasteiger partial charge in [0.15, 0.2) is 0 Å². The van der Waals surface area contributed by atoms with E-state index in [2.05, 4.69) is 16.0 Å². The minimum absolute atomic E-state index is 0.0947. The molecule has 1 aliphatic carbocycles. The van der Waals surface area contributed by atoms with Gasteiger partial charge in [-0.05, 0) is 55.1 Å². The average molecular weight is 395 g/mol. The smallest absolute Gasteiger partial charge is 0.232 e. The summed E-state index contributed by atoms with van der Waals surface area (Å²) in [5, 5.41) is 9.05. The number of hydrogen-bond donors (Lipinski definition) is 3. The van der Waals surface area contributed by atoms with Crippen LogP contribution in [0.4, 0.5) is 15.8 Å². The van der Waals surface area contributed by atoms with Gasteiger partial charge in [-0.3, -0.25) is 9.59 Å². The highest BCUT2D eigenvalue weighted by Gasteiger charge is 2.49. The Bertz CT molecular complexity index is 899. The Morgan fingerprint density at radius 3 is 2.66 bits per heavy atom. The number of carbonyl (C=O) groups excluding carboxylic acids is 2. The number of benzene rings is 2. The normalized spacial score (nSPS) is 23.3. The molecule has 4 rings (SSSR count). The summed E-state index contributed by atoms with van der Waals surface area (Å²) in [6.07, 6.45) is 4.48. The van der Waals surface area contributed by atoms with E-state index in [1.807, 2.05) is 24.3 Å². The number of halogens is 1. The molecule has 2 amide bonds. The maximum atomic E-state index is 13.6. The number of nitrogens with one attached hydrogen (secondary N) is 3. The lowest BCUT2D eigenvalue weighted by atomic mass is 9.67. The number of hydrogen-bond acceptors (Lipinski definition) is 3. The lowest BCUT2D eigenvalue weighted by Gasteiger charge is -2.37. The molecule has 2 aromatic rings. The first-order chi connectivity index (χ1) is 14.1. The molecule has 6 heteroatoms. The van der Waals surface area contributed by atoms with E-state index in [1.165, 1.54) is 18.6 Å². The van der Waals surface area contributed by atoms with Gasteiger partial charge in [0.05, 0.1) is 17.5 Å². The maximum absolute atomic E-state index is 13.6. The standard InChI is InChI=1S/C23H26FN3O2/c24-19-6-1-2-7-20(19)27-21(28)13-16-8-10-18(11-9-16)26-22(29)23-12-4-3-5-17(23)14-25-15-23/h1-2,6-11,17,25H,3-5,12-15H2,(H,26,29)(H,27,28)/t17-,23+/m0/s1. The Kier molecular flexibility index (Phi) is 5.62. The first kappa shape index (κ1) is 19.6. The van der Waals surface area contributed by atoms with Gasteiger partial charge in [0, 0.05) is 12.2 Å². The third-order valence-electron chi connectivity index (χ3n) is 6.21. The molecule has 5 nitrogen and oxygen atoms in total. The zero-order valence-corrected chi connectivity index (χ0v) is 16.3. The summed E-state index contributed by atoms with van der Waals surface area (Å²) in [6.45, 7) is 1.67. The van der Waals surface area contributed by atoms with Crippen molar-refractivity contribution in [1.29, 1.82) is 0 Å². The molecule has 3 N–H and O–H groups in total. The lowest BCUT2D eigenvalue weighted by Crippen LogP contribution is -2.44. The van der Waals surface area contributed by atoms with Gasteiger partial charge in [0.25, 0.3) is 0 Å². The van der Waals surface area contributed by atoms with Crippen LogP contribution in [0.25, 0.3) is 0 Å². The summed E-state index contributed by atoms with van der Waals surface area (Å²) in [7, 11) is 0. The molecule has 0 unspecified atom stereocenters. The van der Waals surface area contributed by atoms with E-state index >= 15 is 0 Å². The fourth-order valence-electron chi connectivity index (χ4n) is 4.59. The molecule has 2 fully saturated rings. The van der Waals surface area contributed by atoms with Crippen molar-refractivity contribution in [2.24, 2.45) is 11.3 Å². The van der Waals surface area contributed by atoms with Crippen molar-refractivity contribution in [3.05, 3.63) is 59.9 Å². The molecule has 2 aromatic carbocycles. The summed E-state index contributed by atoms with van der Waals surface area (Å²) in [4.78, 5) is 25.2. The van der Waals surface area contributed by atoms with Crippen LogP contribution in [0.15, 0.2) is 48.5 Å². The van der Waals surface area contributed by atoms with Crippen molar-refractivity contribution in [3.8, 4) is 0 Å². The van der Waals surface area contributed by atoms with E-state index in [9.17, 15) is 14.0 Å². The molecule has 1 aliphatic heterocycles. The van der Waals surface area contributed by atoms with Crippen molar-refractivity contribution in [2.45, 2.75) is 32.1 Å². The largest absolute Gasteiger partial charge is 0.326 e. The molecule has 0 bridgehead atoms. The van der Waals surface area contributed by atoms with Crippen molar-refractivity contribution in [1.82, 2.24) is 5.32 Å². The Balaban J connectivity index is 1.36. The van der Waals surface area contributed by atoms with Crippen LogP contribution < -0.4 is 16.0 Å². The highest BCUT2D eigenvalue weighted by Crippen LogP contribution is 2.44. The second-order valence-electron chi connectivity index (χ2n) is 8.09. The topological polar surface area (TPSA) is 70.2 Å². The number of anilines is 2. The van der Waals surface area contributed by atoms with Gasteiger partial charge in [-0.25, -0.2) is 4.39 Å². The average Bonchev–Trinajstić information content (AvgIpc) is 3.17. The van der Waals surface area contributed by atoms with Gasteiger partial charge < -0.3 is 16.0 Å². The third kappa shape index (κ3) is 4.17. The molecule has 29 heavy (non-hydrogen) atoms. The predicted molar refractivity (Wildman–Crippen MR) is 111 cm³/mol. The molecule has 0 spiro atoms. The van der Waals surface area contributed by atoms with E-state index in [0.717, 1.165) is 43.6 Å². The molecule has 152 valence electrons. The number of fused-ring (bicyclic) bond motifs is 1. The van der Waals surface area contributed by atoms with E-state index in [-0.39, 0.29) is 29.3 Å².